The van der Waals surface area contributed by atoms with Gasteiger partial charge in [-0.2, -0.15) is 0 Å². The molecule has 6 heteroatoms. The summed E-state index contributed by atoms with van der Waals surface area (Å²) in [4.78, 5) is 22.7. The van der Waals surface area contributed by atoms with Gasteiger partial charge in [-0.3, -0.25) is 4.79 Å². The molecule has 148 valence electrons. The molecule has 3 aliphatic rings. The Morgan fingerprint density at radius 3 is 2.66 bits per heavy atom. The van der Waals surface area contributed by atoms with Crippen LogP contribution < -0.4 is 5.32 Å². The van der Waals surface area contributed by atoms with Gasteiger partial charge in [0.15, 0.2) is 0 Å². The molecule has 0 bridgehead atoms. The number of hydrogen-bond donors (Lipinski definition) is 2. The van der Waals surface area contributed by atoms with Crippen LogP contribution in [0.3, 0.4) is 0 Å². The van der Waals surface area contributed by atoms with Crippen molar-refractivity contribution in [2.45, 2.75) is 44.3 Å². The third kappa shape index (κ3) is 2.51. The number of fused-ring (bicyclic) bond motifs is 4. The maximum Gasteiger partial charge on any atom is 0.254 e. The lowest BCUT2D eigenvalue weighted by Crippen LogP contribution is -2.52. The van der Waals surface area contributed by atoms with Crippen molar-refractivity contribution >= 4 is 22.6 Å². The van der Waals surface area contributed by atoms with Crippen LogP contribution in [0.1, 0.15) is 39.3 Å². The van der Waals surface area contributed by atoms with Gasteiger partial charge in [0.2, 0.25) is 0 Å². The lowest BCUT2D eigenvalue weighted by Gasteiger charge is -2.39. The zero-order valence-electron chi connectivity index (χ0n) is 16.4. The molecule has 1 amide bonds. The first-order valence-electron chi connectivity index (χ1n) is 10.3. The number of hydrogen-bond acceptors (Lipinski definition) is 3. The molecule has 1 saturated heterocycles. The number of nitrogens with one attached hydrogen (secondary N) is 2. The van der Waals surface area contributed by atoms with Crippen molar-refractivity contribution in [3.63, 3.8) is 0 Å². The summed E-state index contributed by atoms with van der Waals surface area (Å²) in [5.74, 6) is 0.757. The summed E-state index contributed by atoms with van der Waals surface area (Å²) < 4.78 is 13.3. The molecule has 1 aliphatic carbocycles. The SMILES string of the molecule is Cc1nc2c3c(c(C(=O)N4CC(F)C4)cc2[nH]1)CCC1(Cc2ccccc2C1)N3. The normalized spacial score (nSPS) is 19.7. The maximum absolute atomic E-state index is 13.3. The first-order valence-corrected chi connectivity index (χ1v) is 10.3. The number of likely N-dealkylation sites (tertiary alicyclic amines) is 1. The highest BCUT2D eigenvalue weighted by Crippen LogP contribution is 2.44. The van der Waals surface area contributed by atoms with Crippen molar-refractivity contribution in [1.29, 1.82) is 0 Å². The Morgan fingerprint density at radius 2 is 1.97 bits per heavy atom. The third-order valence-corrected chi connectivity index (χ3v) is 6.78. The number of aromatic nitrogens is 2. The number of nitrogens with zero attached hydrogens (tertiary/aromatic N) is 2. The van der Waals surface area contributed by atoms with Gasteiger partial charge in [0.05, 0.1) is 24.3 Å². The van der Waals surface area contributed by atoms with Crippen LogP contribution in [0.25, 0.3) is 11.0 Å². The first kappa shape index (κ1) is 17.0. The number of carbonyl (C=O) groups is 1. The number of aryl methyl sites for hydroxylation is 1. The number of rotatable bonds is 1. The van der Waals surface area contributed by atoms with Crippen LogP contribution in [-0.4, -0.2) is 45.6 Å². The minimum Gasteiger partial charge on any atom is -0.377 e. The largest absolute Gasteiger partial charge is 0.377 e. The molecular formula is C23H23FN4O. The average Bonchev–Trinajstić information content (AvgIpc) is 3.23. The Hall–Kier alpha value is -2.89. The second-order valence-electron chi connectivity index (χ2n) is 8.83. The number of halogens is 1. The summed E-state index contributed by atoms with van der Waals surface area (Å²) in [5.41, 5.74) is 7.22. The monoisotopic (exact) mass is 390 g/mol. The number of alkyl halides is 1. The maximum atomic E-state index is 13.3. The summed E-state index contributed by atoms with van der Waals surface area (Å²) in [7, 11) is 0. The third-order valence-electron chi connectivity index (χ3n) is 6.78. The van der Waals surface area contributed by atoms with Crippen molar-refractivity contribution in [1.82, 2.24) is 14.9 Å². The number of amides is 1. The summed E-state index contributed by atoms with van der Waals surface area (Å²) in [6.07, 6.45) is 2.87. The fourth-order valence-corrected chi connectivity index (χ4v) is 5.31. The van der Waals surface area contributed by atoms with Gasteiger partial charge in [-0.25, -0.2) is 9.37 Å². The first-order chi connectivity index (χ1) is 14.0. The predicted octanol–water partition coefficient (Wildman–Crippen LogP) is 3.56. The predicted molar refractivity (Wildman–Crippen MR) is 110 cm³/mol. The van der Waals surface area contributed by atoms with E-state index in [-0.39, 0.29) is 24.5 Å². The van der Waals surface area contributed by atoms with E-state index < -0.39 is 6.17 Å². The fraction of sp³-hybridized carbons (Fsp3) is 0.391. The second-order valence-corrected chi connectivity index (χ2v) is 8.83. The van der Waals surface area contributed by atoms with Crippen molar-refractivity contribution in [3.8, 4) is 0 Å². The smallest absolute Gasteiger partial charge is 0.254 e. The number of H-pyrrole nitrogens is 1. The molecule has 3 aromatic rings. The zero-order valence-corrected chi connectivity index (χ0v) is 16.4. The molecule has 29 heavy (non-hydrogen) atoms. The summed E-state index contributed by atoms with van der Waals surface area (Å²) in [6.45, 7) is 2.32. The van der Waals surface area contributed by atoms with E-state index >= 15 is 0 Å². The Bertz CT molecular complexity index is 1140. The number of carbonyl (C=O) groups excluding carboxylic acids is 1. The van der Waals surface area contributed by atoms with Gasteiger partial charge in [0, 0.05) is 11.1 Å². The lowest BCUT2D eigenvalue weighted by molar-refractivity contribution is 0.0399. The molecular weight excluding hydrogens is 367 g/mol. The highest BCUT2D eigenvalue weighted by molar-refractivity contribution is 6.04. The number of anilines is 1. The van der Waals surface area contributed by atoms with Gasteiger partial charge in [-0.05, 0) is 55.4 Å². The molecule has 0 radical (unpaired) electrons. The topological polar surface area (TPSA) is 61.0 Å². The fourth-order valence-electron chi connectivity index (χ4n) is 5.31. The Morgan fingerprint density at radius 1 is 1.24 bits per heavy atom. The van der Waals surface area contributed by atoms with Crippen LogP contribution in [0.4, 0.5) is 10.1 Å². The quantitative estimate of drug-likeness (QED) is 0.668. The van der Waals surface area contributed by atoms with Gasteiger partial charge >= 0.3 is 0 Å². The van der Waals surface area contributed by atoms with Gasteiger partial charge in [0.1, 0.15) is 17.5 Å². The molecule has 1 fully saturated rings. The molecule has 0 unspecified atom stereocenters. The molecule has 2 aromatic carbocycles. The van der Waals surface area contributed by atoms with Crippen LogP contribution >= 0.6 is 0 Å². The molecule has 0 saturated carbocycles. The number of benzene rings is 2. The molecule has 1 spiro atoms. The van der Waals surface area contributed by atoms with E-state index in [1.165, 1.54) is 11.1 Å². The van der Waals surface area contributed by atoms with Crippen LogP contribution in [0.5, 0.6) is 0 Å². The molecule has 0 atom stereocenters. The van der Waals surface area contributed by atoms with E-state index in [9.17, 15) is 9.18 Å². The lowest BCUT2D eigenvalue weighted by atomic mass is 9.81. The van der Waals surface area contributed by atoms with Crippen molar-refractivity contribution in [2.75, 3.05) is 18.4 Å². The minimum atomic E-state index is -0.897. The zero-order chi connectivity index (χ0) is 19.8. The minimum absolute atomic E-state index is 0.0288. The van der Waals surface area contributed by atoms with Crippen molar-refractivity contribution in [3.05, 3.63) is 58.4 Å². The summed E-state index contributed by atoms with van der Waals surface area (Å²) in [6, 6.07) is 10.5. The number of aromatic amines is 1. The molecule has 1 aromatic heterocycles. The van der Waals surface area contributed by atoms with Gasteiger partial charge in [-0.1, -0.05) is 24.3 Å². The molecule has 3 heterocycles. The second kappa shape index (κ2) is 5.81. The van der Waals surface area contributed by atoms with Gasteiger partial charge in [0.25, 0.3) is 5.91 Å². The Balaban J connectivity index is 1.45. The Kier molecular flexibility index (Phi) is 3.41. The van der Waals surface area contributed by atoms with E-state index in [0.717, 1.165) is 53.8 Å². The summed E-state index contributed by atoms with van der Waals surface area (Å²) >= 11 is 0. The van der Waals surface area contributed by atoms with E-state index in [0.29, 0.717) is 5.56 Å². The van der Waals surface area contributed by atoms with Crippen LogP contribution in [0.2, 0.25) is 0 Å². The Labute approximate surface area is 168 Å². The van der Waals surface area contributed by atoms with E-state index in [4.69, 9.17) is 4.98 Å². The number of imidazole rings is 1. The van der Waals surface area contributed by atoms with Gasteiger partial charge in [-0.15, -0.1) is 0 Å². The highest BCUT2D eigenvalue weighted by atomic mass is 19.1. The molecule has 2 aliphatic heterocycles. The van der Waals surface area contributed by atoms with Gasteiger partial charge < -0.3 is 15.2 Å². The van der Waals surface area contributed by atoms with E-state index in [1.54, 1.807) is 4.90 Å². The molecule has 2 N–H and O–H groups in total. The van der Waals surface area contributed by atoms with Crippen molar-refractivity contribution in [2.24, 2.45) is 0 Å². The average molecular weight is 390 g/mol. The molecule has 6 rings (SSSR count). The molecule has 5 nitrogen and oxygen atoms in total. The van der Waals surface area contributed by atoms with E-state index in [1.807, 2.05) is 13.0 Å². The van der Waals surface area contributed by atoms with Crippen LogP contribution in [-0.2, 0) is 19.3 Å². The highest BCUT2D eigenvalue weighted by Gasteiger charge is 2.42. The van der Waals surface area contributed by atoms with Crippen LogP contribution in [0, 0.1) is 6.92 Å². The standard InChI is InChI=1S/C23H23FN4O/c1-13-25-19-8-18(22(29)28-11-16(24)12-28)17-6-7-23(27-20(17)21(19)26-13)9-14-4-2-3-5-15(14)10-23/h2-5,8,16,27H,6-7,9-12H2,1H3,(H,25,26). The van der Waals surface area contributed by atoms with Crippen LogP contribution in [0.15, 0.2) is 30.3 Å². The van der Waals surface area contributed by atoms with E-state index in [2.05, 4.69) is 34.6 Å². The summed E-state index contributed by atoms with van der Waals surface area (Å²) in [5, 5.41) is 3.83. The van der Waals surface area contributed by atoms with Crippen molar-refractivity contribution < 1.29 is 9.18 Å².